The van der Waals surface area contributed by atoms with Crippen LogP contribution in [0.5, 0.6) is 5.75 Å². The van der Waals surface area contributed by atoms with E-state index < -0.39 is 5.91 Å². The second-order valence-corrected chi connectivity index (χ2v) is 4.10. The minimum absolute atomic E-state index is 0.315. The van der Waals surface area contributed by atoms with Gasteiger partial charge in [-0.2, -0.15) is 0 Å². The summed E-state index contributed by atoms with van der Waals surface area (Å²) in [6, 6.07) is 7.50. The summed E-state index contributed by atoms with van der Waals surface area (Å²) in [5.41, 5.74) is 3.27. The van der Waals surface area contributed by atoms with Gasteiger partial charge in [0.15, 0.2) is 0 Å². The number of thiazole rings is 1. The van der Waals surface area contributed by atoms with Gasteiger partial charge in [-0.1, -0.05) is 12.1 Å². The lowest BCUT2D eigenvalue weighted by Crippen LogP contribution is -2.30. The smallest absolute Gasteiger partial charge is 0.284 e. The fraction of sp³-hybridized carbons (Fsp3) is 0.0909. The number of nitrogen functional groups attached to an aromatic ring is 1. The second kappa shape index (κ2) is 4.94. The molecule has 0 saturated carbocycles. The Balaban J connectivity index is 2.33. The Morgan fingerprint density at radius 1 is 1.53 bits per heavy atom. The molecule has 1 heterocycles. The van der Waals surface area contributed by atoms with Crippen molar-refractivity contribution in [2.75, 3.05) is 7.11 Å². The highest BCUT2D eigenvalue weighted by Crippen LogP contribution is 2.26. The summed E-state index contributed by atoms with van der Waals surface area (Å²) in [5.74, 6) is 5.40. The number of nitrogens with one attached hydrogen (secondary N) is 1. The minimum Gasteiger partial charge on any atom is -0.497 e. The van der Waals surface area contributed by atoms with E-state index in [4.69, 9.17) is 10.6 Å². The van der Waals surface area contributed by atoms with Crippen molar-refractivity contribution in [1.82, 2.24) is 10.4 Å². The predicted molar refractivity (Wildman–Crippen MR) is 65.8 cm³/mol. The summed E-state index contributed by atoms with van der Waals surface area (Å²) in [6.45, 7) is 0. The molecule has 0 aliphatic rings. The lowest BCUT2D eigenvalue weighted by atomic mass is 10.2. The van der Waals surface area contributed by atoms with Gasteiger partial charge in [0.2, 0.25) is 0 Å². The Labute approximate surface area is 102 Å². The first-order valence-corrected chi connectivity index (χ1v) is 5.73. The van der Waals surface area contributed by atoms with Crippen LogP contribution in [-0.4, -0.2) is 18.0 Å². The summed E-state index contributed by atoms with van der Waals surface area (Å²) in [7, 11) is 1.61. The van der Waals surface area contributed by atoms with Crippen molar-refractivity contribution in [1.29, 1.82) is 0 Å². The number of methoxy groups -OCH3 is 1. The molecule has 1 aromatic carbocycles. The van der Waals surface area contributed by atoms with Crippen LogP contribution < -0.4 is 16.0 Å². The molecule has 2 aromatic rings. The number of aromatic nitrogens is 1. The van der Waals surface area contributed by atoms with Crippen LogP contribution in [0.2, 0.25) is 0 Å². The first kappa shape index (κ1) is 11.6. The number of nitrogens with two attached hydrogens (primary N) is 1. The van der Waals surface area contributed by atoms with Crippen LogP contribution in [0.15, 0.2) is 29.6 Å². The third kappa shape index (κ3) is 2.43. The van der Waals surface area contributed by atoms with Crippen molar-refractivity contribution in [3.63, 3.8) is 0 Å². The monoisotopic (exact) mass is 249 g/mol. The number of benzene rings is 1. The first-order chi connectivity index (χ1) is 8.24. The molecule has 0 atom stereocenters. The van der Waals surface area contributed by atoms with E-state index in [-0.39, 0.29) is 0 Å². The van der Waals surface area contributed by atoms with Crippen LogP contribution in [0, 0.1) is 0 Å². The van der Waals surface area contributed by atoms with Crippen molar-refractivity contribution in [2.45, 2.75) is 0 Å². The van der Waals surface area contributed by atoms with Crippen molar-refractivity contribution >= 4 is 17.2 Å². The number of hydrazine groups is 1. The summed E-state index contributed by atoms with van der Waals surface area (Å²) in [4.78, 5) is 15.5. The summed E-state index contributed by atoms with van der Waals surface area (Å²) in [6.07, 6.45) is 0. The van der Waals surface area contributed by atoms with Gasteiger partial charge < -0.3 is 4.74 Å². The van der Waals surface area contributed by atoms with Gasteiger partial charge >= 0.3 is 0 Å². The van der Waals surface area contributed by atoms with Gasteiger partial charge in [-0.05, 0) is 12.1 Å². The largest absolute Gasteiger partial charge is 0.497 e. The molecule has 0 fully saturated rings. The number of carbonyl (C=O) groups excluding carboxylic acids is 1. The fourth-order valence-electron chi connectivity index (χ4n) is 1.34. The average Bonchev–Trinajstić information content (AvgIpc) is 2.87. The lowest BCUT2D eigenvalue weighted by Gasteiger charge is -2.01. The molecule has 0 aliphatic heterocycles. The number of rotatable bonds is 3. The molecule has 0 unspecified atom stereocenters. The van der Waals surface area contributed by atoms with Crippen LogP contribution in [-0.2, 0) is 0 Å². The predicted octanol–water partition coefficient (Wildman–Crippen LogP) is 1.42. The molecule has 1 amide bonds. The molecule has 17 heavy (non-hydrogen) atoms. The number of nitrogens with zero attached hydrogens (tertiary/aromatic N) is 1. The maximum absolute atomic E-state index is 11.3. The van der Waals surface area contributed by atoms with E-state index in [1.165, 1.54) is 11.3 Å². The SMILES string of the molecule is COc1cccc(-c2nc(C(=O)NN)cs2)c1. The molecule has 5 nitrogen and oxygen atoms in total. The van der Waals surface area contributed by atoms with E-state index in [1.807, 2.05) is 29.7 Å². The highest BCUT2D eigenvalue weighted by molar-refractivity contribution is 7.13. The maximum atomic E-state index is 11.3. The molecule has 1 aromatic heterocycles. The van der Waals surface area contributed by atoms with Crippen LogP contribution in [0.25, 0.3) is 10.6 Å². The number of hydrogen-bond acceptors (Lipinski definition) is 5. The maximum Gasteiger partial charge on any atom is 0.284 e. The molecule has 0 spiro atoms. The molecular weight excluding hydrogens is 238 g/mol. The molecule has 0 radical (unpaired) electrons. The Kier molecular flexibility index (Phi) is 3.36. The lowest BCUT2D eigenvalue weighted by molar-refractivity contribution is 0.0949. The van der Waals surface area contributed by atoms with Gasteiger partial charge in [-0.3, -0.25) is 10.2 Å². The van der Waals surface area contributed by atoms with E-state index in [0.717, 1.165) is 16.3 Å². The highest BCUT2D eigenvalue weighted by atomic mass is 32.1. The fourth-order valence-corrected chi connectivity index (χ4v) is 2.14. The third-order valence-electron chi connectivity index (χ3n) is 2.18. The van der Waals surface area contributed by atoms with Crippen LogP contribution in [0.3, 0.4) is 0 Å². The molecule has 0 saturated heterocycles. The van der Waals surface area contributed by atoms with Crippen LogP contribution >= 0.6 is 11.3 Å². The molecule has 6 heteroatoms. The van der Waals surface area contributed by atoms with Gasteiger partial charge in [0.1, 0.15) is 16.5 Å². The van der Waals surface area contributed by atoms with E-state index >= 15 is 0 Å². The normalized spacial score (nSPS) is 10.0. The Bertz CT molecular complexity index is 539. The van der Waals surface area contributed by atoms with Crippen LogP contribution in [0.1, 0.15) is 10.5 Å². The van der Waals surface area contributed by atoms with Crippen LogP contribution in [0.4, 0.5) is 0 Å². The van der Waals surface area contributed by atoms with Crippen molar-refractivity contribution in [3.8, 4) is 16.3 Å². The number of carbonyl (C=O) groups is 1. The Morgan fingerprint density at radius 2 is 2.35 bits per heavy atom. The number of ether oxygens (including phenoxy) is 1. The molecular formula is C11H11N3O2S. The molecule has 2 rings (SSSR count). The van der Waals surface area contributed by atoms with Gasteiger partial charge in [0.25, 0.3) is 5.91 Å². The van der Waals surface area contributed by atoms with Gasteiger partial charge in [-0.25, -0.2) is 10.8 Å². The van der Waals surface area contributed by atoms with Crippen molar-refractivity contribution in [3.05, 3.63) is 35.3 Å². The average molecular weight is 249 g/mol. The summed E-state index contributed by atoms with van der Waals surface area (Å²) < 4.78 is 5.13. The zero-order valence-electron chi connectivity index (χ0n) is 9.14. The Hall–Kier alpha value is -1.92. The van der Waals surface area contributed by atoms with Crippen molar-refractivity contribution in [2.24, 2.45) is 5.84 Å². The zero-order valence-corrected chi connectivity index (χ0v) is 9.95. The number of amides is 1. The third-order valence-corrected chi connectivity index (χ3v) is 3.08. The standard InChI is InChI=1S/C11H11N3O2S/c1-16-8-4-2-3-7(5-8)11-13-9(6-17-11)10(15)14-12/h2-6H,12H2,1H3,(H,14,15). The second-order valence-electron chi connectivity index (χ2n) is 3.24. The molecule has 88 valence electrons. The first-order valence-electron chi connectivity index (χ1n) is 4.85. The molecule has 0 bridgehead atoms. The number of hydrogen-bond donors (Lipinski definition) is 2. The van der Waals surface area contributed by atoms with E-state index in [1.54, 1.807) is 12.5 Å². The molecule has 3 N–H and O–H groups in total. The zero-order chi connectivity index (χ0) is 12.3. The molecule has 0 aliphatic carbocycles. The van der Waals surface area contributed by atoms with E-state index in [9.17, 15) is 4.79 Å². The van der Waals surface area contributed by atoms with Crippen molar-refractivity contribution < 1.29 is 9.53 Å². The Morgan fingerprint density at radius 3 is 3.06 bits per heavy atom. The summed E-state index contributed by atoms with van der Waals surface area (Å²) in [5, 5.41) is 2.42. The van der Waals surface area contributed by atoms with Gasteiger partial charge in [0, 0.05) is 10.9 Å². The summed E-state index contributed by atoms with van der Waals surface area (Å²) >= 11 is 1.38. The van der Waals surface area contributed by atoms with E-state index in [2.05, 4.69) is 4.98 Å². The highest BCUT2D eigenvalue weighted by Gasteiger charge is 2.10. The topological polar surface area (TPSA) is 77.2 Å². The van der Waals surface area contributed by atoms with Gasteiger partial charge in [-0.15, -0.1) is 11.3 Å². The quantitative estimate of drug-likeness (QED) is 0.490. The minimum atomic E-state index is -0.393. The van der Waals surface area contributed by atoms with Gasteiger partial charge in [0.05, 0.1) is 7.11 Å². The van der Waals surface area contributed by atoms with E-state index in [0.29, 0.717) is 5.69 Å².